The number of halogens is 5. The van der Waals surface area contributed by atoms with E-state index in [-0.39, 0.29) is 5.75 Å². The van der Waals surface area contributed by atoms with Gasteiger partial charge in [-0.05, 0) is 35.4 Å². The fraction of sp³-hybridized carbons (Fsp3) is 0.333. The van der Waals surface area contributed by atoms with Crippen LogP contribution in [0.15, 0.2) is 42.5 Å². The van der Waals surface area contributed by atoms with Crippen molar-refractivity contribution in [2.75, 3.05) is 26.2 Å². The highest BCUT2D eigenvalue weighted by molar-refractivity contribution is 5.36. The van der Waals surface area contributed by atoms with Gasteiger partial charge in [-0.2, -0.15) is 0 Å². The molecule has 26 heavy (non-hydrogen) atoms. The van der Waals surface area contributed by atoms with Gasteiger partial charge in [0.1, 0.15) is 5.75 Å². The molecular formula is C18H17F5N2O. The summed E-state index contributed by atoms with van der Waals surface area (Å²) in [5, 5.41) is 3.21. The number of nitrogens with zero attached hydrogens (tertiary/aromatic N) is 1. The van der Waals surface area contributed by atoms with Crippen LogP contribution in [0.3, 0.4) is 0 Å². The topological polar surface area (TPSA) is 24.5 Å². The summed E-state index contributed by atoms with van der Waals surface area (Å²) in [5.74, 6) is -2.23. The van der Waals surface area contributed by atoms with E-state index in [9.17, 15) is 22.0 Å². The standard InChI is InChI=1S/C18H17F5N2O/c19-15-6-3-13(11-16(15)20)17(25-9-7-24-8-10-25)12-1-4-14(5-2-12)26-18(21,22)23/h1-6,11,17,24H,7-10H2/t17-/m0/s1. The van der Waals surface area contributed by atoms with Crippen LogP contribution in [0, 0.1) is 11.6 Å². The molecule has 8 heteroatoms. The second kappa shape index (κ2) is 7.59. The van der Waals surface area contributed by atoms with Gasteiger partial charge < -0.3 is 10.1 Å². The van der Waals surface area contributed by atoms with Gasteiger partial charge in [-0.15, -0.1) is 13.2 Å². The lowest BCUT2D eigenvalue weighted by molar-refractivity contribution is -0.274. The molecule has 0 bridgehead atoms. The minimum atomic E-state index is -4.76. The van der Waals surface area contributed by atoms with Gasteiger partial charge in [-0.1, -0.05) is 18.2 Å². The average molecular weight is 372 g/mol. The van der Waals surface area contributed by atoms with Crippen LogP contribution in [0.2, 0.25) is 0 Å². The van der Waals surface area contributed by atoms with Crippen molar-refractivity contribution in [2.24, 2.45) is 0 Å². The molecule has 2 aromatic carbocycles. The maximum absolute atomic E-state index is 13.7. The molecule has 1 N–H and O–H groups in total. The molecule has 0 unspecified atom stereocenters. The van der Waals surface area contributed by atoms with Crippen molar-refractivity contribution in [3.05, 3.63) is 65.2 Å². The maximum Gasteiger partial charge on any atom is 0.573 e. The first kappa shape index (κ1) is 18.6. The highest BCUT2D eigenvalue weighted by Gasteiger charge is 2.31. The molecule has 0 amide bonds. The van der Waals surface area contributed by atoms with Gasteiger partial charge in [-0.3, -0.25) is 4.90 Å². The smallest absolute Gasteiger partial charge is 0.406 e. The van der Waals surface area contributed by atoms with E-state index in [2.05, 4.69) is 15.0 Å². The van der Waals surface area contributed by atoms with Crippen LogP contribution in [-0.4, -0.2) is 37.4 Å². The highest BCUT2D eigenvalue weighted by atomic mass is 19.4. The second-order valence-corrected chi connectivity index (χ2v) is 5.98. The number of hydrogen-bond donors (Lipinski definition) is 1. The molecule has 3 rings (SSSR count). The molecular weight excluding hydrogens is 355 g/mol. The molecule has 1 atom stereocenters. The van der Waals surface area contributed by atoms with Crippen molar-refractivity contribution in [2.45, 2.75) is 12.4 Å². The minimum Gasteiger partial charge on any atom is -0.406 e. The molecule has 0 aliphatic carbocycles. The van der Waals surface area contributed by atoms with Crippen LogP contribution in [0.5, 0.6) is 5.75 Å². The van der Waals surface area contributed by atoms with Gasteiger partial charge in [0.25, 0.3) is 0 Å². The van der Waals surface area contributed by atoms with Crippen molar-refractivity contribution in [3.63, 3.8) is 0 Å². The fourth-order valence-electron chi connectivity index (χ4n) is 3.09. The van der Waals surface area contributed by atoms with Gasteiger partial charge in [0, 0.05) is 26.2 Å². The zero-order valence-electron chi connectivity index (χ0n) is 13.7. The molecule has 0 radical (unpaired) electrons. The van der Waals surface area contributed by atoms with Crippen molar-refractivity contribution >= 4 is 0 Å². The van der Waals surface area contributed by atoms with E-state index in [1.807, 2.05) is 0 Å². The van der Waals surface area contributed by atoms with Gasteiger partial charge >= 0.3 is 6.36 Å². The summed E-state index contributed by atoms with van der Waals surface area (Å²) in [4.78, 5) is 2.07. The Labute approximate surface area is 147 Å². The summed E-state index contributed by atoms with van der Waals surface area (Å²) in [6.45, 7) is 2.81. The lowest BCUT2D eigenvalue weighted by Crippen LogP contribution is -2.45. The van der Waals surface area contributed by atoms with E-state index in [1.54, 1.807) is 0 Å². The maximum atomic E-state index is 13.7. The summed E-state index contributed by atoms with van der Waals surface area (Å²) in [5.41, 5.74) is 1.21. The van der Waals surface area contributed by atoms with Crippen molar-refractivity contribution in [1.82, 2.24) is 10.2 Å². The molecule has 1 fully saturated rings. The third-order valence-electron chi connectivity index (χ3n) is 4.21. The molecule has 2 aromatic rings. The predicted molar refractivity (Wildman–Crippen MR) is 85.8 cm³/mol. The molecule has 140 valence electrons. The normalized spacial score (nSPS) is 17.1. The van der Waals surface area contributed by atoms with E-state index in [0.717, 1.165) is 25.2 Å². The summed E-state index contributed by atoms with van der Waals surface area (Å²) in [6.07, 6.45) is -4.76. The molecule has 1 saturated heterocycles. The zero-order chi connectivity index (χ0) is 18.7. The summed E-state index contributed by atoms with van der Waals surface area (Å²) in [7, 11) is 0. The molecule has 0 spiro atoms. The van der Waals surface area contributed by atoms with Gasteiger partial charge in [0.2, 0.25) is 0 Å². The van der Waals surface area contributed by atoms with Gasteiger partial charge in [-0.25, -0.2) is 8.78 Å². The Kier molecular flexibility index (Phi) is 5.43. The van der Waals surface area contributed by atoms with Crippen LogP contribution in [0.25, 0.3) is 0 Å². The Morgan fingerprint density at radius 1 is 0.885 bits per heavy atom. The first-order valence-electron chi connectivity index (χ1n) is 8.09. The second-order valence-electron chi connectivity index (χ2n) is 5.98. The minimum absolute atomic E-state index is 0.328. The Morgan fingerprint density at radius 2 is 1.50 bits per heavy atom. The predicted octanol–water partition coefficient (Wildman–Crippen LogP) is 3.86. The van der Waals surface area contributed by atoms with E-state index in [4.69, 9.17) is 0 Å². The van der Waals surface area contributed by atoms with Crippen LogP contribution in [-0.2, 0) is 0 Å². The average Bonchev–Trinajstić information content (AvgIpc) is 2.59. The van der Waals surface area contributed by atoms with Crippen molar-refractivity contribution in [3.8, 4) is 5.75 Å². The van der Waals surface area contributed by atoms with Crippen molar-refractivity contribution < 1.29 is 26.7 Å². The largest absolute Gasteiger partial charge is 0.573 e. The third-order valence-corrected chi connectivity index (χ3v) is 4.21. The quantitative estimate of drug-likeness (QED) is 0.825. The van der Waals surface area contributed by atoms with Gasteiger partial charge in [0.15, 0.2) is 11.6 Å². The summed E-state index contributed by atoms with van der Waals surface area (Å²) in [6, 6.07) is 8.74. The number of alkyl halides is 3. The van der Waals surface area contributed by atoms with Crippen LogP contribution < -0.4 is 10.1 Å². The van der Waals surface area contributed by atoms with E-state index >= 15 is 0 Å². The molecule has 3 nitrogen and oxygen atoms in total. The first-order chi connectivity index (χ1) is 12.3. The lowest BCUT2D eigenvalue weighted by Gasteiger charge is -2.35. The lowest BCUT2D eigenvalue weighted by atomic mass is 9.96. The van der Waals surface area contributed by atoms with Crippen LogP contribution in [0.1, 0.15) is 17.2 Å². The fourth-order valence-corrected chi connectivity index (χ4v) is 3.09. The van der Waals surface area contributed by atoms with Gasteiger partial charge in [0.05, 0.1) is 6.04 Å². The Morgan fingerprint density at radius 3 is 2.08 bits per heavy atom. The molecule has 1 aliphatic heterocycles. The Hall–Kier alpha value is -2.19. The van der Waals surface area contributed by atoms with E-state index < -0.39 is 24.0 Å². The first-order valence-corrected chi connectivity index (χ1v) is 8.09. The van der Waals surface area contributed by atoms with Crippen molar-refractivity contribution in [1.29, 1.82) is 0 Å². The number of benzene rings is 2. The zero-order valence-corrected chi connectivity index (χ0v) is 13.7. The summed E-state index contributed by atoms with van der Waals surface area (Å²) < 4.78 is 67.9. The number of nitrogens with one attached hydrogen (secondary N) is 1. The summed E-state index contributed by atoms with van der Waals surface area (Å²) >= 11 is 0. The third kappa shape index (κ3) is 4.50. The number of piperazine rings is 1. The van der Waals surface area contributed by atoms with Crippen LogP contribution in [0.4, 0.5) is 22.0 Å². The van der Waals surface area contributed by atoms with Crippen LogP contribution >= 0.6 is 0 Å². The molecule has 0 aromatic heterocycles. The SMILES string of the molecule is Fc1ccc([C@H](c2ccc(OC(F)(F)F)cc2)N2CCNCC2)cc1F. The molecule has 1 aliphatic rings. The van der Waals surface area contributed by atoms with E-state index in [1.165, 1.54) is 30.3 Å². The number of ether oxygens (including phenoxy) is 1. The molecule has 1 heterocycles. The monoisotopic (exact) mass is 372 g/mol. The number of hydrogen-bond acceptors (Lipinski definition) is 3. The molecule has 0 saturated carbocycles. The number of rotatable bonds is 4. The Bertz CT molecular complexity index is 742. The highest BCUT2D eigenvalue weighted by Crippen LogP contribution is 2.32. The van der Waals surface area contributed by atoms with E-state index in [0.29, 0.717) is 24.2 Å². The Balaban J connectivity index is 1.93.